The number of nitrogens with one attached hydrogen (secondary N) is 1. The number of nitro groups is 1. The van der Waals surface area contributed by atoms with Gasteiger partial charge in [-0.2, -0.15) is 0 Å². The van der Waals surface area contributed by atoms with Gasteiger partial charge in [0.25, 0.3) is 11.6 Å². The molecule has 1 amide bonds. The number of aliphatic hydroxyl groups is 1. The summed E-state index contributed by atoms with van der Waals surface area (Å²) in [5.41, 5.74) is 0.142. The molecule has 0 unspecified atom stereocenters. The average Bonchev–Trinajstić information content (AvgIpc) is 2.81. The first-order chi connectivity index (χ1) is 16.6. The Kier molecular flexibility index (Phi) is 8.93. The molecular formula is C23H16Cl4N2O6. The molecular weight excluding hydrogens is 542 g/mol. The third-order valence-electron chi connectivity index (χ3n) is 4.87. The molecule has 0 aliphatic heterocycles. The van der Waals surface area contributed by atoms with Crippen molar-refractivity contribution >= 4 is 64.0 Å². The van der Waals surface area contributed by atoms with Crippen molar-refractivity contribution in [3.05, 3.63) is 108 Å². The highest BCUT2D eigenvalue weighted by Gasteiger charge is 2.30. The molecule has 0 radical (unpaired) electrons. The number of carbonyl (C=O) groups is 2. The van der Waals surface area contributed by atoms with Gasteiger partial charge < -0.3 is 15.2 Å². The van der Waals surface area contributed by atoms with Gasteiger partial charge in [0.2, 0.25) is 0 Å². The van der Waals surface area contributed by atoms with E-state index in [1.54, 1.807) is 0 Å². The molecule has 3 rings (SSSR count). The van der Waals surface area contributed by atoms with Crippen LogP contribution in [0.2, 0.25) is 20.1 Å². The number of halogens is 4. The molecule has 8 nitrogen and oxygen atoms in total. The Morgan fingerprint density at radius 3 is 1.94 bits per heavy atom. The fraction of sp³-hybridized carbons (Fsp3) is 0.130. The smallest absolute Gasteiger partial charge is 0.340 e. The van der Waals surface area contributed by atoms with Crippen LogP contribution >= 0.6 is 46.4 Å². The molecule has 0 heterocycles. The SMILES string of the molecule is O=C(N[C@H](CO)[C@H](OC(=O)c1ccc(Cl)cc1Cl)c1ccc([N+](=O)[O-])cc1)c1ccc(Cl)cc1Cl. The van der Waals surface area contributed by atoms with Gasteiger partial charge in [-0.1, -0.05) is 46.4 Å². The lowest BCUT2D eigenvalue weighted by Gasteiger charge is -2.27. The first-order valence-corrected chi connectivity index (χ1v) is 11.4. The molecule has 0 aliphatic rings. The van der Waals surface area contributed by atoms with Crippen molar-refractivity contribution in [2.45, 2.75) is 12.1 Å². The van der Waals surface area contributed by atoms with E-state index in [4.69, 9.17) is 51.1 Å². The van der Waals surface area contributed by atoms with E-state index >= 15 is 0 Å². The molecule has 3 aromatic carbocycles. The highest BCUT2D eigenvalue weighted by molar-refractivity contribution is 6.37. The lowest BCUT2D eigenvalue weighted by molar-refractivity contribution is -0.384. The van der Waals surface area contributed by atoms with Crippen LogP contribution in [0.15, 0.2) is 60.7 Å². The third-order valence-corrected chi connectivity index (χ3v) is 5.97. The Balaban J connectivity index is 1.95. The van der Waals surface area contributed by atoms with Crippen molar-refractivity contribution in [2.75, 3.05) is 6.61 Å². The summed E-state index contributed by atoms with van der Waals surface area (Å²) in [5.74, 6) is -1.54. The molecule has 0 aromatic heterocycles. The van der Waals surface area contributed by atoms with Crippen molar-refractivity contribution in [1.29, 1.82) is 0 Å². The fourth-order valence-corrected chi connectivity index (χ4v) is 4.12. The van der Waals surface area contributed by atoms with Crippen molar-refractivity contribution in [2.24, 2.45) is 0 Å². The summed E-state index contributed by atoms with van der Waals surface area (Å²) in [5, 5.41) is 24.4. The molecule has 3 aromatic rings. The van der Waals surface area contributed by atoms with Gasteiger partial charge in [0.05, 0.1) is 38.7 Å². The highest BCUT2D eigenvalue weighted by atomic mass is 35.5. The molecule has 2 N–H and O–H groups in total. The van der Waals surface area contributed by atoms with E-state index in [0.29, 0.717) is 10.0 Å². The van der Waals surface area contributed by atoms with Crippen molar-refractivity contribution in [1.82, 2.24) is 5.32 Å². The predicted octanol–water partition coefficient (Wildman–Crippen LogP) is 5.90. The number of aliphatic hydroxyl groups excluding tert-OH is 1. The number of carbonyl (C=O) groups excluding carboxylic acids is 2. The monoisotopic (exact) mass is 556 g/mol. The van der Waals surface area contributed by atoms with Crippen molar-refractivity contribution in [3.8, 4) is 0 Å². The minimum atomic E-state index is -1.25. The summed E-state index contributed by atoms with van der Waals surface area (Å²) < 4.78 is 5.62. The second-order valence-electron chi connectivity index (χ2n) is 7.19. The molecule has 12 heteroatoms. The summed E-state index contributed by atoms with van der Waals surface area (Å²) >= 11 is 24.0. The zero-order chi connectivity index (χ0) is 25.7. The van der Waals surface area contributed by atoms with E-state index in [1.165, 1.54) is 60.7 Å². The third kappa shape index (κ3) is 6.62. The number of hydrogen-bond donors (Lipinski definition) is 2. The van der Waals surface area contributed by atoms with Crippen molar-refractivity contribution in [3.63, 3.8) is 0 Å². The maximum absolute atomic E-state index is 12.9. The largest absolute Gasteiger partial charge is 0.452 e. The molecule has 0 fully saturated rings. The number of non-ortho nitro benzene ring substituents is 1. The van der Waals surface area contributed by atoms with Crippen LogP contribution in [0.25, 0.3) is 0 Å². The van der Waals surface area contributed by atoms with Crippen LogP contribution in [0, 0.1) is 10.1 Å². The second kappa shape index (κ2) is 11.7. The van der Waals surface area contributed by atoms with Gasteiger partial charge in [0.15, 0.2) is 0 Å². The Morgan fingerprint density at radius 2 is 1.46 bits per heavy atom. The highest BCUT2D eigenvalue weighted by Crippen LogP contribution is 2.29. The average molecular weight is 558 g/mol. The standard InChI is InChI=1S/C23H16Cl4N2O6/c24-13-3-7-16(18(26)9-13)22(31)28-20(11-30)21(12-1-5-15(6-2-12)29(33)34)35-23(32)17-8-4-14(25)10-19(17)27/h1-10,20-21,30H,11H2,(H,28,31)/t20-,21-/m1/s1. The topological polar surface area (TPSA) is 119 Å². The van der Waals surface area contributed by atoms with Gasteiger partial charge in [-0.25, -0.2) is 4.79 Å². The number of rotatable bonds is 8. The van der Waals surface area contributed by atoms with E-state index in [0.717, 1.165) is 0 Å². The van der Waals surface area contributed by atoms with Gasteiger partial charge in [-0.05, 0) is 54.1 Å². The predicted molar refractivity (Wildman–Crippen MR) is 133 cm³/mol. The molecule has 2 atom stereocenters. The summed E-state index contributed by atoms with van der Waals surface area (Å²) in [6, 6.07) is 12.4. The number of nitro benzene ring substituents is 1. The summed E-state index contributed by atoms with van der Waals surface area (Å²) in [6.45, 7) is -0.653. The normalized spacial score (nSPS) is 12.5. The van der Waals surface area contributed by atoms with Crippen LogP contribution in [0.1, 0.15) is 32.4 Å². The van der Waals surface area contributed by atoms with E-state index in [9.17, 15) is 24.8 Å². The summed E-state index contributed by atoms with van der Waals surface area (Å²) in [6.07, 6.45) is -1.25. The zero-order valence-electron chi connectivity index (χ0n) is 17.6. The number of nitrogens with zero attached hydrogens (tertiary/aromatic N) is 1. The van der Waals surface area contributed by atoms with Gasteiger partial charge in [0, 0.05) is 22.2 Å². The van der Waals surface area contributed by atoms with Gasteiger partial charge in [-0.3, -0.25) is 14.9 Å². The molecule has 35 heavy (non-hydrogen) atoms. The molecule has 182 valence electrons. The van der Waals surface area contributed by atoms with Gasteiger partial charge >= 0.3 is 5.97 Å². The van der Waals surface area contributed by atoms with E-state index < -0.39 is 35.6 Å². The quantitative estimate of drug-likeness (QED) is 0.202. The zero-order valence-corrected chi connectivity index (χ0v) is 20.6. The lowest BCUT2D eigenvalue weighted by atomic mass is 10.0. The van der Waals surface area contributed by atoms with Crippen LogP contribution in [0.5, 0.6) is 0 Å². The van der Waals surface area contributed by atoms with Crippen LogP contribution in [0.3, 0.4) is 0 Å². The van der Waals surface area contributed by atoms with Gasteiger partial charge in [0.1, 0.15) is 6.10 Å². The summed E-state index contributed by atoms with van der Waals surface area (Å²) in [4.78, 5) is 36.2. The maximum Gasteiger partial charge on any atom is 0.340 e. The Labute approximate surface area is 219 Å². The van der Waals surface area contributed by atoms with Crippen molar-refractivity contribution < 1.29 is 24.4 Å². The minimum Gasteiger partial charge on any atom is -0.452 e. The first-order valence-electron chi connectivity index (χ1n) is 9.88. The lowest BCUT2D eigenvalue weighted by Crippen LogP contribution is -2.43. The van der Waals surface area contributed by atoms with Crippen LogP contribution in [-0.4, -0.2) is 34.6 Å². The number of ether oxygens (including phenoxy) is 1. The minimum absolute atomic E-state index is 0.00765. The fourth-order valence-electron chi connectivity index (χ4n) is 3.14. The Hall–Kier alpha value is -2.88. The van der Waals surface area contributed by atoms with Crippen LogP contribution < -0.4 is 5.32 Å². The number of amides is 1. The van der Waals surface area contributed by atoms with E-state index in [-0.39, 0.29) is 32.4 Å². The molecule has 0 saturated carbocycles. The molecule has 0 saturated heterocycles. The number of hydrogen-bond acceptors (Lipinski definition) is 6. The second-order valence-corrected chi connectivity index (χ2v) is 8.87. The Morgan fingerprint density at radius 1 is 0.914 bits per heavy atom. The Bertz CT molecular complexity index is 1270. The van der Waals surface area contributed by atoms with E-state index in [1.807, 2.05) is 0 Å². The first kappa shape index (κ1) is 26.7. The maximum atomic E-state index is 12.9. The van der Waals surface area contributed by atoms with Crippen LogP contribution in [0.4, 0.5) is 5.69 Å². The molecule has 0 bridgehead atoms. The number of benzene rings is 3. The molecule has 0 spiro atoms. The number of esters is 1. The van der Waals surface area contributed by atoms with Crippen LogP contribution in [-0.2, 0) is 4.74 Å². The molecule has 0 aliphatic carbocycles. The summed E-state index contributed by atoms with van der Waals surface area (Å²) in [7, 11) is 0. The van der Waals surface area contributed by atoms with Gasteiger partial charge in [-0.15, -0.1) is 0 Å². The van der Waals surface area contributed by atoms with E-state index in [2.05, 4.69) is 5.32 Å².